The lowest BCUT2D eigenvalue weighted by molar-refractivity contribution is 0.0954. The minimum absolute atomic E-state index is 0.0105. The second-order valence-electron chi connectivity index (χ2n) is 4.46. The largest absolute Gasteiger partial charge is 0.312 e. The molecule has 0 saturated heterocycles. The maximum Gasteiger partial charge on any atom is 0.263 e. The van der Waals surface area contributed by atoms with E-state index in [2.05, 4.69) is 37.2 Å². The van der Waals surface area contributed by atoms with Crippen molar-refractivity contribution in [3.8, 4) is 0 Å². The number of aromatic nitrogens is 1. The van der Waals surface area contributed by atoms with E-state index in [-0.39, 0.29) is 5.91 Å². The van der Waals surface area contributed by atoms with Crippen molar-refractivity contribution < 1.29 is 4.79 Å². The SMILES string of the molecule is O=C(c1ccccc1)n1c(Br)c(Br)c2c1CCNC2. The molecule has 0 saturated carbocycles. The van der Waals surface area contributed by atoms with E-state index in [1.807, 2.05) is 30.3 Å². The van der Waals surface area contributed by atoms with Gasteiger partial charge >= 0.3 is 0 Å². The summed E-state index contributed by atoms with van der Waals surface area (Å²) in [6.07, 6.45) is 0.859. The molecule has 0 aliphatic carbocycles. The highest BCUT2D eigenvalue weighted by Crippen LogP contribution is 2.34. The maximum absolute atomic E-state index is 12.6. The molecule has 19 heavy (non-hydrogen) atoms. The molecule has 0 bridgehead atoms. The van der Waals surface area contributed by atoms with Gasteiger partial charge < -0.3 is 5.32 Å². The fourth-order valence-corrected chi connectivity index (χ4v) is 3.55. The van der Waals surface area contributed by atoms with Gasteiger partial charge in [-0.15, -0.1) is 0 Å². The summed E-state index contributed by atoms with van der Waals surface area (Å²) in [6.45, 7) is 1.70. The van der Waals surface area contributed by atoms with Gasteiger partial charge in [0, 0.05) is 36.3 Å². The van der Waals surface area contributed by atoms with Gasteiger partial charge in [-0.05, 0) is 44.0 Å². The molecule has 3 nitrogen and oxygen atoms in total. The molecule has 1 aliphatic rings. The molecule has 1 aliphatic heterocycles. The van der Waals surface area contributed by atoms with Crippen LogP contribution in [0.2, 0.25) is 0 Å². The standard InChI is InChI=1S/C14H12Br2N2O/c15-12-10-8-17-7-6-11(10)18(13(12)16)14(19)9-4-2-1-3-5-9/h1-5,17H,6-8H2. The van der Waals surface area contributed by atoms with Crippen LogP contribution >= 0.6 is 31.9 Å². The molecule has 0 amide bonds. The molecule has 0 spiro atoms. The van der Waals surface area contributed by atoms with Crippen LogP contribution in [0.3, 0.4) is 0 Å². The average Bonchev–Trinajstić information content (AvgIpc) is 2.72. The summed E-state index contributed by atoms with van der Waals surface area (Å²) >= 11 is 7.09. The summed E-state index contributed by atoms with van der Waals surface area (Å²) in [4.78, 5) is 12.6. The van der Waals surface area contributed by atoms with Crippen molar-refractivity contribution in [3.05, 3.63) is 56.2 Å². The molecule has 0 unspecified atom stereocenters. The number of nitrogens with zero attached hydrogens (tertiary/aromatic N) is 1. The number of hydrogen-bond acceptors (Lipinski definition) is 2. The highest BCUT2D eigenvalue weighted by atomic mass is 79.9. The molecule has 0 fully saturated rings. The van der Waals surface area contributed by atoms with Crippen LogP contribution in [-0.4, -0.2) is 17.0 Å². The summed E-state index contributed by atoms with van der Waals surface area (Å²) < 4.78 is 3.55. The topological polar surface area (TPSA) is 34.0 Å². The van der Waals surface area contributed by atoms with Gasteiger partial charge in [-0.2, -0.15) is 0 Å². The second kappa shape index (κ2) is 5.23. The van der Waals surface area contributed by atoms with E-state index in [9.17, 15) is 4.79 Å². The van der Waals surface area contributed by atoms with Gasteiger partial charge in [0.2, 0.25) is 0 Å². The number of carbonyl (C=O) groups is 1. The van der Waals surface area contributed by atoms with Crippen LogP contribution in [0.4, 0.5) is 0 Å². The molecule has 5 heteroatoms. The molecule has 1 aromatic heterocycles. The Morgan fingerprint density at radius 3 is 2.68 bits per heavy atom. The molecule has 3 rings (SSSR count). The van der Waals surface area contributed by atoms with Crippen molar-refractivity contribution in [1.29, 1.82) is 0 Å². The van der Waals surface area contributed by atoms with E-state index in [1.54, 1.807) is 4.57 Å². The lowest BCUT2D eigenvalue weighted by atomic mass is 10.1. The third kappa shape index (κ3) is 2.20. The van der Waals surface area contributed by atoms with Crippen LogP contribution in [0, 0.1) is 0 Å². The Morgan fingerprint density at radius 2 is 1.95 bits per heavy atom. The van der Waals surface area contributed by atoms with Gasteiger partial charge in [0.1, 0.15) is 4.60 Å². The molecule has 1 N–H and O–H groups in total. The zero-order chi connectivity index (χ0) is 13.4. The van der Waals surface area contributed by atoms with Gasteiger partial charge in [0.05, 0.1) is 4.47 Å². The molecule has 1 aromatic carbocycles. The predicted molar refractivity (Wildman–Crippen MR) is 81.4 cm³/mol. The van der Waals surface area contributed by atoms with E-state index in [1.165, 1.54) is 5.56 Å². The summed E-state index contributed by atoms with van der Waals surface area (Å²) in [6, 6.07) is 9.37. The normalized spacial score (nSPS) is 14.2. The fraction of sp³-hybridized carbons (Fsp3) is 0.214. The molecule has 0 radical (unpaired) electrons. The summed E-state index contributed by atoms with van der Waals surface area (Å²) in [5, 5.41) is 3.33. The molecule has 98 valence electrons. The lowest BCUT2D eigenvalue weighted by Gasteiger charge is -2.16. The van der Waals surface area contributed by atoms with Crippen LogP contribution in [0.5, 0.6) is 0 Å². The Morgan fingerprint density at radius 1 is 1.21 bits per heavy atom. The average molecular weight is 384 g/mol. The van der Waals surface area contributed by atoms with Crippen molar-refractivity contribution >= 4 is 37.8 Å². The Kier molecular flexibility index (Phi) is 3.60. The zero-order valence-electron chi connectivity index (χ0n) is 10.1. The van der Waals surface area contributed by atoms with E-state index < -0.39 is 0 Å². The summed E-state index contributed by atoms with van der Waals surface area (Å²) in [5.41, 5.74) is 2.96. The molecular formula is C14H12Br2N2O. The highest BCUT2D eigenvalue weighted by Gasteiger charge is 2.25. The van der Waals surface area contributed by atoms with Crippen LogP contribution in [0.15, 0.2) is 39.4 Å². The first kappa shape index (κ1) is 13.1. The number of halogens is 2. The molecule has 2 heterocycles. The van der Waals surface area contributed by atoms with Crippen LogP contribution < -0.4 is 5.32 Å². The van der Waals surface area contributed by atoms with Gasteiger partial charge in [-0.1, -0.05) is 18.2 Å². The van der Waals surface area contributed by atoms with Crippen LogP contribution in [0.25, 0.3) is 0 Å². The summed E-state index contributed by atoms with van der Waals surface area (Å²) in [5.74, 6) is 0.0105. The van der Waals surface area contributed by atoms with Gasteiger partial charge in [-0.3, -0.25) is 9.36 Å². The minimum Gasteiger partial charge on any atom is -0.312 e. The van der Waals surface area contributed by atoms with Crippen LogP contribution in [0.1, 0.15) is 21.6 Å². The van der Waals surface area contributed by atoms with E-state index in [0.29, 0.717) is 5.56 Å². The first-order chi connectivity index (χ1) is 9.20. The van der Waals surface area contributed by atoms with Crippen LogP contribution in [-0.2, 0) is 13.0 Å². The highest BCUT2D eigenvalue weighted by molar-refractivity contribution is 9.13. The first-order valence-electron chi connectivity index (χ1n) is 6.08. The van der Waals surface area contributed by atoms with Crippen molar-refractivity contribution in [1.82, 2.24) is 9.88 Å². The van der Waals surface area contributed by atoms with Gasteiger partial charge in [0.15, 0.2) is 0 Å². The monoisotopic (exact) mass is 382 g/mol. The van der Waals surface area contributed by atoms with Crippen molar-refractivity contribution in [3.63, 3.8) is 0 Å². The Balaban J connectivity index is 2.13. The van der Waals surface area contributed by atoms with Crippen molar-refractivity contribution in [2.45, 2.75) is 13.0 Å². The van der Waals surface area contributed by atoms with E-state index in [0.717, 1.165) is 34.3 Å². The zero-order valence-corrected chi connectivity index (χ0v) is 13.3. The smallest absolute Gasteiger partial charge is 0.263 e. The fourth-order valence-electron chi connectivity index (χ4n) is 2.39. The minimum atomic E-state index is 0.0105. The summed E-state index contributed by atoms with van der Waals surface area (Å²) in [7, 11) is 0. The lowest BCUT2D eigenvalue weighted by Crippen LogP contribution is -2.26. The molecule has 0 atom stereocenters. The molecular weight excluding hydrogens is 372 g/mol. The van der Waals surface area contributed by atoms with E-state index in [4.69, 9.17) is 0 Å². The number of carbonyl (C=O) groups excluding carboxylic acids is 1. The first-order valence-corrected chi connectivity index (χ1v) is 7.66. The number of nitrogens with one attached hydrogen (secondary N) is 1. The van der Waals surface area contributed by atoms with E-state index >= 15 is 0 Å². The maximum atomic E-state index is 12.6. The molecule has 2 aromatic rings. The number of benzene rings is 1. The van der Waals surface area contributed by atoms with Crippen molar-refractivity contribution in [2.75, 3.05) is 6.54 Å². The second-order valence-corrected chi connectivity index (χ2v) is 6.01. The quantitative estimate of drug-likeness (QED) is 0.819. The van der Waals surface area contributed by atoms with Gasteiger partial charge in [0.25, 0.3) is 5.91 Å². The Labute approximate surface area is 128 Å². The third-order valence-electron chi connectivity index (χ3n) is 3.32. The predicted octanol–water partition coefficient (Wildman–Crippen LogP) is 3.35. The Bertz CT molecular complexity index is 635. The van der Waals surface area contributed by atoms with Gasteiger partial charge in [-0.25, -0.2) is 0 Å². The number of hydrogen-bond donors (Lipinski definition) is 1. The number of fused-ring (bicyclic) bond motifs is 1. The Hall–Kier alpha value is -0.910. The van der Waals surface area contributed by atoms with Crippen molar-refractivity contribution in [2.24, 2.45) is 0 Å². The third-order valence-corrected chi connectivity index (χ3v) is 5.46. The number of rotatable bonds is 1.